The quantitative estimate of drug-likeness (QED) is 0.333. The lowest BCUT2D eigenvalue weighted by atomic mass is 10.1. The molecule has 2 aromatic rings. The molecule has 27 heavy (non-hydrogen) atoms. The number of aromatic nitrogens is 4. The minimum absolute atomic E-state index is 0. The minimum atomic E-state index is -1.21. The molecule has 1 aliphatic carbocycles. The number of anilines is 1. The molecule has 0 amide bonds. The lowest BCUT2D eigenvalue weighted by Crippen LogP contribution is -3.00. The number of fused-ring (bicyclic) bond motifs is 1. The highest BCUT2D eigenvalue weighted by atomic mass is 35.5. The normalized spacial score (nSPS) is 32.9. The van der Waals surface area contributed by atoms with Crippen LogP contribution in [0.1, 0.15) is 25.5 Å². The number of hydrogen-bond donors (Lipinski definition) is 5. The third-order valence-corrected chi connectivity index (χ3v) is 4.95. The summed E-state index contributed by atoms with van der Waals surface area (Å²) in [7, 11) is 0. The van der Waals surface area contributed by atoms with Gasteiger partial charge in [0.2, 0.25) is 0 Å². The van der Waals surface area contributed by atoms with Crippen LogP contribution >= 0.6 is 0 Å². The van der Waals surface area contributed by atoms with Gasteiger partial charge in [-0.3, -0.25) is 4.57 Å². The minimum Gasteiger partial charge on any atom is -1.00 e. The number of ether oxygens (including phenoxy) is 1. The monoisotopic (exact) mass is 404 g/mol. The summed E-state index contributed by atoms with van der Waals surface area (Å²) in [5, 5.41) is 42.6. The van der Waals surface area contributed by atoms with E-state index in [2.05, 4.69) is 20.3 Å². The van der Waals surface area contributed by atoms with Crippen LogP contribution in [0.15, 0.2) is 12.7 Å². The molecule has 0 spiro atoms. The predicted molar refractivity (Wildman–Crippen MR) is 89.2 cm³/mol. The number of hydrogen-bond acceptors (Lipinski definition) is 9. The molecule has 2 fully saturated rings. The van der Waals surface area contributed by atoms with Crippen LogP contribution < -0.4 is 17.7 Å². The Balaban J connectivity index is 0.00000131. The van der Waals surface area contributed by atoms with Gasteiger partial charge in [0, 0.05) is 0 Å². The molecule has 1 saturated heterocycles. The van der Waals surface area contributed by atoms with Gasteiger partial charge in [0.05, 0.1) is 25.1 Å². The number of aliphatic hydroxyl groups is 4. The smallest absolute Gasteiger partial charge is 0.167 e. The molecule has 11 nitrogen and oxygen atoms in total. The van der Waals surface area contributed by atoms with Crippen LogP contribution in [0.3, 0.4) is 0 Å². The Morgan fingerprint density at radius 2 is 1.93 bits per heavy atom. The van der Waals surface area contributed by atoms with Gasteiger partial charge in [-0.2, -0.15) is 0 Å². The summed E-state index contributed by atoms with van der Waals surface area (Å²) in [5.74, 6) is 0.501. The molecule has 2 aliphatic rings. The first kappa shape index (κ1) is 21.7. The molecule has 0 aromatic carbocycles. The first-order valence-corrected chi connectivity index (χ1v) is 8.34. The zero-order chi connectivity index (χ0) is 17.6. The topological polar surface area (TPSA) is 177 Å². The van der Waals surface area contributed by atoms with Gasteiger partial charge in [0.1, 0.15) is 24.6 Å². The van der Waals surface area contributed by atoms with Crippen molar-refractivity contribution in [2.24, 2.45) is 0 Å². The maximum Gasteiger partial charge on any atom is 0.167 e. The van der Waals surface area contributed by atoms with Crippen molar-refractivity contribution < 1.29 is 43.0 Å². The van der Waals surface area contributed by atoms with Crippen LogP contribution in [-0.2, 0) is 4.74 Å². The Kier molecular flexibility index (Phi) is 6.92. The maximum atomic E-state index is 10.2. The fraction of sp³-hybridized carbons (Fsp3) is 0.667. The summed E-state index contributed by atoms with van der Waals surface area (Å²) in [6.45, 7) is -0.400. The molecule has 1 aliphatic heterocycles. The molecule has 12 heteroatoms. The van der Waals surface area contributed by atoms with E-state index in [1.165, 1.54) is 17.2 Å². The number of rotatable bonds is 4. The highest BCUT2D eigenvalue weighted by Crippen LogP contribution is 2.32. The summed E-state index contributed by atoms with van der Waals surface area (Å²) in [6, 6.07) is -0.0860. The van der Waals surface area contributed by atoms with Crippen LogP contribution in [0.4, 0.5) is 5.82 Å². The largest absolute Gasteiger partial charge is 1.00 e. The van der Waals surface area contributed by atoms with Crippen LogP contribution in [0.5, 0.6) is 0 Å². The maximum absolute atomic E-state index is 10.2. The molecule has 2 aromatic heterocycles. The van der Waals surface area contributed by atoms with Crippen LogP contribution in [0, 0.1) is 0 Å². The van der Waals surface area contributed by atoms with Crippen molar-refractivity contribution in [3.8, 4) is 0 Å². The van der Waals surface area contributed by atoms with Crippen molar-refractivity contribution in [3.63, 3.8) is 0 Å². The van der Waals surface area contributed by atoms with E-state index >= 15 is 0 Å². The van der Waals surface area contributed by atoms with Gasteiger partial charge < -0.3 is 48.4 Å². The van der Waals surface area contributed by atoms with E-state index in [4.69, 9.17) is 4.74 Å². The molecule has 3 heterocycles. The van der Waals surface area contributed by atoms with E-state index in [-0.39, 0.29) is 23.9 Å². The molecule has 0 radical (unpaired) electrons. The summed E-state index contributed by atoms with van der Waals surface area (Å²) in [5.41, 5.74) is 0.916. The average Bonchev–Trinajstić information content (AvgIpc) is 3.29. The van der Waals surface area contributed by atoms with Crippen molar-refractivity contribution in [2.75, 3.05) is 11.9 Å². The first-order valence-electron chi connectivity index (χ1n) is 8.34. The van der Waals surface area contributed by atoms with Crippen molar-refractivity contribution in [2.45, 2.75) is 55.9 Å². The Morgan fingerprint density at radius 3 is 2.56 bits per heavy atom. The van der Waals surface area contributed by atoms with Gasteiger partial charge >= 0.3 is 0 Å². The summed E-state index contributed by atoms with van der Waals surface area (Å²) >= 11 is 0. The summed E-state index contributed by atoms with van der Waals surface area (Å²) in [6.07, 6.45) is 0.768. The molecular formula is C15H23ClN5O6-. The zero-order valence-electron chi connectivity index (χ0n) is 14.3. The van der Waals surface area contributed by atoms with Crippen molar-refractivity contribution >= 4 is 17.0 Å². The second kappa shape index (κ2) is 8.61. The molecule has 4 rings (SSSR count). The second-order valence-electron chi connectivity index (χ2n) is 6.52. The average molecular weight is 405 g/mol. The fourth-order valence-corrected chi connectivity index (χ4v) is 3.54. The molecule has 7 N–H and O–H groups in total. The SMILES string of the molecule is O.OC[C@H]1O[C@@H](n2cnc3c(N[C@H]4CCC[C@@H]4O)ncnc32)[C@@H](O)C1O.[Cl-]. The van der Waals surface area contributed by atoms with Crippen molar-refractivity contribution in [3.05, 3.63) is 12.7 Å². The standard InChI is InChI=1S/C15H21N5O5.ClH.H2O/c21-4-9-11(23)12(24)15(25-9)20-6-18-10-13(16-5-17-14(10)20)19-7-2-1-3-8(7)22;;/h5-9,11-12,15,21-24H,1-4H2,(H,16,17,19);1H;1H2/p-1/t7-,8-,9+,11?,12-,15+;;/m0../s1. The van der Waals surface area contributed by atoms with E-state index < -0.39 is 37.3 Å². The Labute approximate surface area is 160 Å². The molecule has 0 bridgehead atoms. The Bertz CT molecular complexity index is 763. The van der Waals surface area contributed by atoms with Crippen LogP contribution in [0.2, 0.25) is 0 Å². The molecule has 152 valence electrons. The van der Waals surface area contributed by atoms with E-state index in [1.54, 1.807) is 0 Å². The lowest BCUT2D eigenvalue weighted by Gasteiger charge is -2.18. The van der Waals surface area contributed by atoms with Gasteiger partial charge in [-0.15, -0.1) is 0 Å². The van der Waals surface area contributed by atoms with Gasteiger partial charge in [-0.05, 0) is 19.3 Å². The third-order valence-electron chi connectivity index (χ3n) is 4.95. The summed E-state index contributed by atoms with van der Waals surface area (Å²) < 4.78 is 7.04. The molecule has 6 atom stereocenters. The van der Waals surface area contributed by atoms with Crippen molar-refractivity contribution in [1.82, 2.24) is 19.5 Å². The number of aliphatic hydroxyl groups excluding tert-OH is 4. The van der Waals surface area contributed by atoms with Gasteiger partial charge in [-0.1, -0.05) is 0 Å². The van der Waals surface area contributed by atoms with Crippen LogP contribution in [-0.4, -0.2) is 82.5 Å². The number of imidazole rings is 1. The number of nitrogens with one attached hydrogen (secondary N) is 1. The van der Waals surface area contributed by atoms with E-state index in [0.29, 0.717) is 17.0 Å². The van der Waals surface area contributed by atoms with E-state index in [1.807, 2.05) is 0 Å². The Morgan fingerprint density at radius 1 is 1.15 bits per heavy atom. The zero-order valence-corrected chi connectivity index (χ0v) is 15.1. The number of halogens is 1. The predicted octanol–water partition coefficient (Wildman–Crippen LogP) is -5.06. The van der Waals surface area contributed by atoms with Gasteiger partial charge in [0.25, 0.3) is 0 Å². The Hall–Kier alpha value is -1.60. The number of nitrogens with zero attached hydrogens (tertiary/aromatic N) is 4. The van der Waals surface area contributed by atoms with Crippen LogP contribution in [0.25, 0.3) is 11.2 Å². The molecule has 1 saturated carbocycles. The van der Waals surface area contributed by atoms with Gasteiger partial charge in [0.15, 0.2) is 23.2 Å². The lowest BCUT2D eigenvalue weighted by molar-refractivity contribution is -0.0511. The summed E-state index contributed by atoms with van der Waals surface area (Å²) in [4.78, 5) is 12.7. The molecular weight excluding hydrogens is 382 g/mol. The highest BCUT2D eigenvalue weighted by molar-refractivity contribution is 5.82. The fourth-order valence-electron chi connectivity index (χ4n) is 3.54. The van der Waals surface area contributed by atoms with Crippen molar-refractivity contribution in [1.29, 1.82) is 0 Å². The highest BCUT2D eigenvalue weighted by Gasteiger charge is 2.44. The molecule has 1 unspecified atom stereocenters. The van der Waals surface area contributed by atoms with Gasteiger partial charge in [-0.25, -0.2) is 15.0 Å². The van der Waals surface area contributed by atoms with E-state index in [0.717, 1.165) is 19.3 Å². The van der Waals surface area contributed by atoms with E-state index in [9.17, 15) is 20.4 Å². The third kappa shape index (κ3) is 3.72. The second-order valence-corrected chi connectivity index (χ2v) is 6.52. The first-order chi connectivity index (χ1) is 12.1.